The number of carbonyl (C=O) groups is 2. The van der Waals surface area contributed by atoms with Gasteiger partial charge in [-0.3, -0.25) is 4.79 Å². The SMILES string of the molecule is CCc1[nH]c(C(=O)N[C@H]2CCN(c3ncccc3C(=O)OC)C[C@H]2OC)nc1Cl. The molecule has 29 heavy (non-hydrogen) atoms. The van der Waals surface area contributed by atoms with Crippen LogP contribution in [-0.2, 0) is 15.9 Å². The van der Waals surface area contributed by atoms with E-state index in [1.165, 1.54) is 7.11 Å². The number of hydrogen-bond acceptors (Lipinski definition) is 7. The summed E-state index contributed by atoms with van der Waals surface area (Å²) in [5.74, 6) is -0.0578. The molecule has 0 saturated carbocycles. The molecule has 0 bridgehead atoms. The smallest absolute Gasteiger partial charge is 0.341 e. The summed E-state index contributed by atoms with van der Waals surface area (Å²) in [6, 6.07) is 3.15. The molecular formula is C19H24ClN5O4. The highest BCUT2D eigenvalue weighted by molar-refractivity contribution is 6.30. The molecular weight excluding hydrogens is 398 g/mol. The predicted molar refractivity (Wildman–Crippen MR) is 107 cm³/mol. The number of esters is 1. The number of aromatic nitrogens is 3. The van der Waals surface area contributed by atoms with Crippen LogP contribution in [-0.4, -0.2) is 66.3 Å². The minimum absolute atomic E-state index is 0.182. The van der Waals surface area contributed by atoms with Crippen LogP contribution in [0.5, 0.6) is 0 Å². The van der Waals surface area contributed by atoms with Crippen LogP contribution < -0.4 is 10.2 Å². The monoisotopic (exact) mass is 421 g/mol. The molecule has 0 aliphatic carbocycles. The number of anilines is 1. The Morgan fingerprint density at radius 1 is 1.41 bits per heavy atom. The third kappa shape index (κ3) is 4.51. The van der Waals surface area contributed by atoms with Crippen LogP contribution in [0.3, 0.4) is 0 Å². The number of halogens is 1. The minimum atomic E-state index is -0.445. The number of imidazole rings is 1. The largest absolute Gasteiger partial charge is 0.465 e. The molecule has 9 nitrogen and oxygen atoms in total. The molecule has 1 fully saturated rings. The second-order valence-electron chi connectivity index (χ2n) is 6.66. The zero-order valence-corrected chi connectivity index (χ0v) is 17.3. The average molecular weight is 422 g/mol. The zero-order valence-electron chi connectivity index (χ0n) is 16.6. The van der Waals surface area contributed by atoms with Gasteiger partial charge in [0.1, 0.15) is 11.4 Å². The molecule has 2 aromatic heterocycles. The van der Waals surface area contributed by atoms with Gasteiger partial charge in [-0.25, -0.2) is 14.8 Å². The number of aryl methyl sites for hydroxylation is 1. The van der Waals surface area contributed by atoms with Crippen LogP contribution in [0.4, 0.5) is 5.82 Å². The number of aromatic amines is 1. The van der Waals surface area contributed by atoms with Crippen molar-refractivity contribution in [2.24, 2.45) is 0 Å². The number of pyridine rings is 1. The molecule has 3 heterocycles. The van der Waals surface area contributed by atoms with Crippen molar-refractivity contribution in [1.82, 2.24) is 20.3 Å². The molecule has 0 spiro atoms. The molecule has 0 radical (unpaired) electrons. The van der Waals surface area contributed by atoms with Gasteiger partial charge in [-0.1, -0.05) is 18.5 Å². The van der Waals surface area contributed by atoms with Crippen molar-refractivity contribution in [3.05, 3.63) is 40.6 Å². The number of piperidine rings is 1. The van der Waals surface area contributed by atoms with E-state index in [2.05, 4.69) is 20.3 Å². The highest BCUT2D eigenvalue weighted by atomic mass is 35.5. The van der Waals surface area contributed by atoms with Gasteiger partial charge in [0.15, 0.2) is 11.0 Å². The summed E-state index contributed by atoms with van der Waals surface area (Å²) in [6.07, 6.45) is 2.60. The van der Waals surface area contributed by atoms with Crippen molar-refractivity contribution in [2.45, 2.75) is 31.9 Å². The van der Waals surface area contributed by atoms with Crippen LogP contribution in [0, 0.1) is 0 Å². The maximum atomic E-state index is 12.6. The predicted octanol–water partition coefficient (Wildman–Crippen LogP) is 1.83. The first-order chi connectivity index (χ1) is 14.0. The van der Waals surface area contributed by atoms with E-state index in [-0.39, 0.29) is 23.9 Å². The minimum Gasteiger partial charge on any atom is -0.465 e. The second-order valence-corrected chi connectivity index (χ2v) is 7.02. The van der Waals surface area contributed by atoms with E-state index in [4.69, 9.17) is 21.1 Å². The third-order valence-corrected chi connectivity index (χ3v) is 5.28. The Kier molecular flexibility index (Phi) is 6.71. The first-order valence-corrected chi connectivity index (χ1v) is 9.72. The number of carbonyl (C=O) groups excluding carboxylic acids is 2. The van der Waals surface area contributed by atoms with Crippen molar-refractivity contribution in [3.8, 4) is 0 Å². The van der Waals surface area contributed by atoms with Crippen molar-refractivity contribution in [2.75, 3.05) is 32.2 Å². The molecule has 1 aliphatic rings. The summed E-state index contributed by atoms with van der Waals surface area (Å²) in [6.45, 7) is 2.98. The van der Waals surface area contributed by atoms with Gasteiger partial charge in [0.2, 0.25) is 0 Å². The number of nitrogens with zero attached hydrogens (tertiary/aromatic N) is 3. The van der Waals surface area contributed by atoms with E-state index < -0.39 is 5.97 Å². The van der Waals surface area contributed by atoms with Gasteiger partial charge in [-0.2, -0.15) is 0 Å². The van der Waals surface area contributed by atoms with Gasteiger partial charge >= 0.3 is 5.97 Å². The molecule has 10 heteroatoms. The number of rotatable bonds is 6. The second kappa shape index (κ2) is 9.23. The lowest BCUT2D eigenvalue weighted by Gasteiger charge is -2.38. The summed E-state index contributed by atoms with van der Waals surface area (Å²) >= 11 is 6.03. The molecule has 3 rings (SSSR count). The highest BCUT2D eigenvalue weighted by Gasteiger charge is 2.33. The van der Waals surface area contributed by atoms with Crippen LogP contribution in [0.15, 0.2) is 18.3 Å². The van der Waals surface area contributed by atoms with Gasteiger partial charge in [-0.05, 0) is 25.0 Å². The van der Waals surface area contributed by atoms with Crippen molar-refractivity contribution in [1.29, 1.82) is 0 Å². The Balaban J connectivity index is 1.71. The summed E-state index contributed by atoms with van der Waals surface area (Å²) in [5, 5.41) is 3.27. The fourth-order valence-corrected chi connectivity index (χ4v) is 3.66. The molecule has 2 aromatic rings. The Morgan fingerprint density at radius 2 is 2.21 bits per heavy atom. The molecule has 1 saturated heterocycles. The normalized spacial score (nSPS) is 19.1. The number of nitrogens with one attached hydrogen (secondary N) is 2. The van der Waals surface area contributed by atoms with Crippen LogP contribution in [0.1, 0.15) is 40.0 Å². The molecule has 2 atom stereocenters. The Morgan fingerprint density at radius 3 is 2.86 bits per heavy atom. The molecule has 156 valence electrons. The van der Waals surface area contributed by atoms with Gasteiger partial charge in [-0.15, -0.1) is 0 Å². The third-order valence-electron chi connectivity index (χ3n) is 4.97. The van der Waals surface area contributed by atoms with Crippen molar-refractivity contribution in [3.63, 3.8) is 0 Å². The van der Waals surface area contributed by atoms with Gasteiger partial charge in [0, 0.05) is 26.4 Å². The maximum absolute atomic E-state index is 12.6. The number of H-pyrrole nitrogens is 1. The Hall–Kier alpha value is -2.65. The first-order valence-electron chi connectivity index (χ1n) is 9.34. The number of amides is 1. The van der Waals surface area contributed by atoms with Crippen LogP contribution in [0.25, 0.3) is 0 Å². The van der Waals surface area contributed by atoms with E-state index >= 15 is 0 Å². The lowest BCUT2D eigenvalue weighted by Crippen LogP contribution is -2.55. The molecule has 0 aromatic carbocycles. The number of ether oxygens (including phenoxy) is 2. The number of methoxy groups -OCH3 is 2. The molecule has 1 amide bonds. The number of hydrogen-bond donors (Lipinski definition) is 2. The summed E-state index contributed by atoms with van der Waals surface area (Å²) in [4.78, 5) is 38.0. The fraction of sp³-hybridized carbons (Fsp3) is 0.474. The zero-order chi connectivity index (χ0) is 21.0. The maximum Gasteiger partial charge on any atom is 0.341 e. The highest BCUT2D eigenvalue weighted by Crippen LogP contribution is 2.24. The van der Waals surface area contributed by atoms with Crippen molar-refractivity contribution < 1.29 is 19.1 Å². The van der Waals surface area contributed by atoms with E-state index in [0.717, 1.165) is 5.69 Å². The Labute approximate surface area is 173 Å². The molecule has 2 N–H and O–H groups in total. The molecule has 0 unspecified atom stereocenters. The van der Waals surface area contributed by atoms with Crippen molar-refractivity contribution >= 4 is 29.3 Å². The van der Waals surface area contributed by atoms with E-state index in [0.29, 0.717) is 42.5 Å². The van der Waals surface area contributed by atoms with E-state index in [1.807, 2.05) is 11.8 Å². The summed E-state index contributed by atoms with van der Waals surface area (Å²) < 4.78 is 10.5. The fourth-order valence-electron chi connectivity index (χ4n) is 3.40. The first kappa shape index (κ1) is 21.1. The molecule has 1 aliphatic heterocycles. The van der Waals surface area contributed by atoms with E-state index in [9.17, 15) is 9.59 Å². The standard InChI is InChI=1S/C19H24ClN5O4/c1-4-12-15(20)24-16(22-12)18(26)23-13-7-9-25(10-14(13)28-2)17-11(19(27)29-3)6-5-8-21-17/h5-6,8,13-14H,4,7,9-10H2,1-3H3,(H,22,24)(H,23,26)/t13-,14+/m0/s1. The lowest BCUT2D eigenvalue weighted by atomic mass is 10.0. The topological polar surface area (TPSA) is 109 Å². The van der Waals surface area contributed by atoms with E-state index in [1.54, 1.807) is 25.4 Å². The summed E-state index contributed by atoms with van der Waals surface area (Å²) in [7, 11) is 2.93. The quantitative estimate of drug-likeness (QED) is 0.684. The Bertz CT molecular complexity index is 887. The van der Waals surface area contributed by atoms with Gasteiger partial charge < -0.3 is 24.7 Å². The summed E-state index contributed by atoms with van der Waals surface area (Å²) in [5.41, 5.74) is 1.12. The van der Waals surface area contributed by atoms with Crippen LogP contribution in [0.2, 0.25) is 5.15 Å². The van der Waals surface area contributed by atoms with Gasteiger partial charge in [0.25, 0.3) is 5.91 Å². The lowest BCUT2D eigenvalue weighted by molar-refractivity contribution is 0.0533. The van der Waals surface area contributed by atoms with Crippen LogP contribution >= 0.6 is 11.6 Å². The van der Waals surface area contributed by atoms with Gasteiger partial charge in [0.05, 0.1) is 24.9 Å². The average Bonchev–Trinajstić information content (AvgIpc) is 3.14.